The average molecular weight is 489 g/mol. The molecule has 4 rings (SSSR count). The van der Waals surface area contributed by atoms with Crippen molar-refractivity contribution < 1.29 is 28.2 Å². The largest absolute Gasteiger partial charge is 0.490 e. The van der Waals surface area contributed by atoms with E-state index in [9.17, 15) is 18.8 Å². The molecule has 1 heterocycles. The Labute approximate surface area is 208 Å². The molecule has 0 aromatic heterocycles. The van der Waals surface area contributed by atoms with Gasteiger partial charge in [0.25, 0.3) is 11.8 Å². The van der Waals surface area contributed by atoms with Crippen molar-refractivity contribution in [2.45, 2.75) is 27.4 Å². The molecule has 8 heteroatoms. The molecule has 36 heavy (non-hydrogen) atoms. The Hall–Kier alpha value is -4.46. The number of nitrogens with zero attached hydrogens (tertiary/aromatic N) is 1. The predicted molar refractivity (Wildman–Crippen MR) is 133 cm³/mol. The van der Waals surface area contributed by atoms with E-state index < -0.39 is 17.8 Å². The Morgan fingerprint density at radius 3 is 2.33 bits per heavy atom. The van der Waals surface area contributed by atoms with Crippen LogP contribution in [0.15, 0.2) is 66.2 Å². The molecule has 1 aliphatic rings. The van der Waals surface area contributed by atoms with Crippen LogP contribution in [0.25, 0.3) is 6.08 Å². The van der Waals surface area contributed by atoms with Crippen LogP contribution in [-0.2, 0) is 16.2 Å². The lowest BCUT2D eigenvalue weighted by atomic mass is 10.0. The van der Waals surface area contributed by atoms with Gasteiger partial charge in [0.05, 0.1) is 12.3 Å². The van der Waals surface area contributed by atoms with Crippen LogP contribution in [0.2, 0.25) is 0 Å². The number of carbonyl (C=O) groups excluding carboxylic acids is 3. The van der Waals surface area contributed by atoms with Crippen molar-refractivity contribution in [1.29, 1.82) is 0 Å². The zero-order valence-electron chi connectivity index (χ0n) is 20.1. The summed E-state index contributed by atoms with van der Waals surface area (Å²) in [5, 5.41) is 2.23. The number of nitrogens with one attached hydrogen (secondary N) is 1. The van der Waals surface area contributed by atoms with Gasteiger partial charge >= 0.3 is 6.03 Å². The van der Waals surface area contributed by atoms with E-state index in [-0.39, 0.29) is 18.0 Å². The molecule has 1 N–H and O–H groups in total. The highest BCUT2D eigenvalue weighted by Crippen LogP contribution is 2.31. The summed E-state index contributed by atoms with van der Waals surface area (Å²) in [5.41, 5.74) is 3.41. The summed E-state index contributed by atoms with van der Waals surface area (Å²) in [5.74, 6) is -0.957. The first-order valence-electron chi connectivity index (χ1n) is 11.4. The van der Waals surface area contributed by atoms with E-state index in [1.54, 1.807) is 42.5 Å². The number of anilines is 1. The van der Waals surface area contributed by atoms with Crippen molar-refractivity contribution in [2.24, 2.45) is 0 Å². The SMILES string of the molecule is CCOc1cc(/C=C2\C(=O)NC(=O)N(c3ccc(C)c(C)c3)C2=O)ccc1OCc1ccc(F)cc1. The van der Waals surface area contributed by atoms with Crippen molar-refractivity contribution in [3.8, 4) is 11.5 Å². The van der Waals surface area contributed by atoms with Crippen molar-refractivity contribution in [1.82, 2.24) is 5.32 Å². The minimum Gasteiger partial charge on any atom is -0.490 e. The van der Waals surface area contributed by atoms with Gasteiger partial charge in [-0.2, -0.15) is 0 Å². The highest BCUT2D eigenvalue weighted by molar-refractivity contribution is 6.39. The molecule has 0 radical (unpaired) electrons. The maximum absolute atomic E-state index is 13.2. The molecule has 0 atom stereocenters. The molecule has 0 saturated carbocycles. The molecule has 7 nitrogen and oxygen atoms in total. The minimum atomic E-state index is -0.801. The second-order valence-electron chi connectivity index (χ2n) is 8.28. The van der Waals surface area contributed by atoms with Gasteiger partial charge in [-0.05, 0) is 85.5 Å². The second kappa shape index (κ2) is 10.4. The zero-order valence-corrected chi connectivity index (χ0v) is 20.1. The molecule has 1 fully saturated rings. The molecule has 184 valence electrons. The van der Waals surface area contributed by atoms with Gasteiger partial charge in [-0.3, -0.25) is 14.9 Å². The molecule has 3 aromatic rings. The van der Waals surface area contributed by atoms with Gasteiger partial charge in [-0.25, -0.2) is 14.1 Å². The predicted octanol–water partition coefficient (Wildman–Crippen LogP) is 5.09. The monoisotopic (exact) mass is 488 g/mol. The third-order valence-electron chi connectivity index (χ3n) is 5.74. The molecule has 4 amide bonds. The number of benzene rings is 3. The maximum atomic E-state index is 13.2. The Morgan fingerprint density at radius 1 is 0.889 bits per heavy atom. The average Bonchev–Trinajstić information content (AvgIpc) is 2.84. The number of halogens is 1. The van der Waals surface area contributed by atoms with Crippen LogP contribution < -0.4 is 19.7 Å². The number of ether oxygens (including phenoxy) is 2. The first kappa shape index (κ1) is 24.7. The van der Waals surface area contributed by atoms with Crippen LogP contribution in [0.3, 0.4) is 0 Å². The van der Waals surface area contributed by atoms with Crippen LogP contribution in [0.4, 0.5) is 14.9 Å². The normalized spacial score (nSPS) is 14.7. The van der Waals surface area contributed by atoms with Crippen molar-refractivity contribution in [3.05, 3.63) is 94.3 Å². The molecule has 0 aliphatic carbocycles. The van der Waals surface area contributed by atoms with Crippen molar-refractivity contribution in [2.75, 3.05) is 11.5 Å². The summed E-state index contributed by atoms with van der Waals surface area (Å²) < 4.78 is 24.7. The molecule has 3 aromatic carbocycles. The molecule has 1 saturated heterocycles. The minimum absolute atomic E-state index is 0.185. The second-order valence-corrected chi connectivity index (χ2v) is 8.28. The number of barbiturate groups is 1. The third kappa shape index (κ3) is 5.27. The highest BCUT2D eigenvalue weighted by atomic mass is 19.1. The van der Waals surface area contributed by atoms with E-state index in [0.29, 0.717) is 29.4 Å². The van der Waals surface area contributed by atoms with E-state index in [4.69, 9.17) is 9.47 Å². The van der Waals surface area contributed by atoms with Crippen LogP contribution in [0.1, 0.15) is 29.2 Å². The summed E-state index contributed by atoms with van der Waals surface area (Å²) in [6.07, 6.45) is 1.41. The summed E-state index contributed by atoms with van der Waals surface area (Å²) in [6.45, 7) is 6.19. The molecule has 0 bridgehead atoms. The number of urea groups is 1. The fourth-order valence-corrected chi connectivity index (χ4v) is 3.67. The lowest BCUT2D eigenvalue weighted by Crippen LogP contribution is -2.54. The number of rotatable bonds is 7. The Balaban J connectivity index is 1.61. The Morgan fingerprint density at radius 2 is 1.64 bits per heavy atom. The molecule has 1 aliphatic heterocycles. The topological polar surface area (TPSA) is 84.9 Å². The van der Waals surface area contributed by atoms with Crippen molar-refractivity contribution in [3.63, 3.8) is 0 Å². The first-order chi connectivity index (χ1) is 17.3. The lowest BCUT2D eigenvalue weighted by Gasteiger charge is -2.27. The van der Waals surface area contributed by atoms with Gasteiger partial charge < -0.3 is 9.47 Å². The first-order valence-corrected chi connectivity index (χ1v) is 11.4. The van der Waals surface area contributed by atoms with Crippen LogP contribution >= 0.6 is 0 Å². The summed E-state index contributed by atoms with van der Waals surface area (Å²) in [6, 6.07) is 15.3. The number of amides is 4. The highest BCUT2D eigenvalue weighted by Gasteiger charge is 2.37. The fraction of sp³-hybridized carbons (Fsp3) is 0.179. The van der Waals surface area contributed by atoms with Crippen molar-refractivity contribution >= 4 is 29.6 Å². The maximum Gasteiger partial charge on any atom is 0.335 e. The number of hydrogen-bond acceptors (Lipinski definition) is 5. The molecular weight excluding hydrogens is 463 g/mol. The smallest absolute Gasteiger partial charge is 0.335 e. The standard InChI is InChI=1S/C28H25FN2O5/c1-4-35-25-15-20(8-12-24(25)36-16-19-6-9-21(29)10-7-19)14-23-26(32)30-28(34)31(27(23)33)22-11-5-17(2)18(3)13-22/h5-15H,4,16H2,1-3H3,(H,30,32,34)/b23-14+. The van der Waals surface area contributed by atoms with E-state index in [1.807, 2.05) is 26.8 Å². The van der Waals surface area contributed by atoms with E-state index >= 15 is 0 Å². The molecule has 0 unspecified atom stereocenters. The quantitative estimate of drug-likeness (QED) is 0.370. The Kier molecular flexibility index (Phi) is 7.15. The van der Waals surface area contributed by atoms with E-state index in [0.717, 1.165) is 21.6 Å². The third-order valence-corrected chi connectivity index (χ3v) is 5.74. The summed E-state index contributed by atoms with van der Waals surface area (Å²) >= 11 is 0. The van der Waals surface area contributed by atoms with Gasteiger partial charge in [0.15, 0.2) is 11.5 Å². The van der Waals surface area contributed by atoms with Gasteiger partial charge in [0, 0.05) is 0 Å². The summed E-state index contributed by atoms with van der Waals surface area (Å²) in [7, 11) is 0. The number of carbonyl (C=O) groups is 3. The van der Waals surface area contributed by atoms with E-state index in [1.165, 1.54) is 18.2 Å². The number of hydrogen-bond donors (Lipinski definition) is 1. The van der Waals surface area contributed by atoms with Gasteiger partial charge in [-0.1, -0.05) is 24.3 Å². The van der Waals surface area contributed by atoms with Crippen LogP contribution in [0, 0.1) is 19.7 Å². The zero-order chi connectivity index (χ0) is 25.8. The van der Waals surface area contributed by atoms with Gasteiger partial charge in [0.1, 0.15) is 18.0 Å². The number of aryl methyl sites for hydroxylation is 2. The summed E-state index contributed by atoms with van der Waals surface area (Å²) in [4.78, 5) is 39.2. The van der Waals surface area contributed by atoms with Crippen LogP contribution in [0.5, 0.6) is 11.5 Å². The number of imide groups is 2. The fourth-order valence-electron chi connectivity index (χ4n) is 3.67. The van der Waals surface area contributed by atoms with Gasteiger partial charge in [0.2, 0.25) is 0 Å². The molecular formula is C28H25FN2O5. The van der Waals surface area contributed by atoms with Crippen LogP contribution in [-0.4, -0.2) is 24.5 Å². The molecule has 0 spiro atoms. The lowest BCUT2D eigenvalue weighted by molar-refractivity contribution is -0.122. The van der Waals surface area contributed by atoms with Gasteiger partial charge in [-0.15, -0.1) is 0 Å². The Bertz CT molecular complexity index is 1360. The van der Waals surface area contributed by atoms with E-state index in [2.05, 4.69) is 5.32 Å².